The molecule has 0 spiro atoms. The summed E-state index contributed by atoms with van der Waals surface area (Å²) >= 11 is 1.92. The van der Waals surface area contributed by atoms with E-state index in [1.807, 2.05) is 11.3 Å². The number of fused-ring (bicyclic) bond motifs is 1. The average Bonchev–Trinajstić information content (AvgIpc) is 2.89. The van der Waals surface area contributed by atoms with E-state index < -0.39 is 0 Å². The molecule has 0 amide bonds. The van der Waals surface area contributed by atoms with Gasteiger partial charge < -0.3 is 5.32 Å². The third-order valence-corrected chi connectivity index (χ3v) is 5.30. The number of rotatable bonds is 3. The zero-order valence-electron chi connectivity index (χ0n) is 11.7. The molecule has 19 heavy (non-hydrogen) atoms. The smallest absolute Gasteiger partial charge is 0.0334 e. The standard InChI is InChI=1S/C17H21NS/c1-12-5-3-6-14(13(12)2)11-18-16-7-4-8-17-15(16)9-10-19-17/h3,5-6,9-10,16,18H,4,7-8,11H2,1-2H3. The fourth-order valence-electron chi connectivity index (χ4n) is 2.93. The van der Waals surface area contributed by atoms with Gasteiger partial charge >= 0.3 is 0 Å². The molecule has 1 heterocycles. The molecule has 2 heteroatoms. The zero-order chi connectivity index (χ0) is 13.2. The average molecular weight is 271 g/mol. The van der Waals surface area contributed by atoms with Crippen LogP contribution in [0.2, 0.25) is 0 Å². The summed E-state index contributed by atoms with van der Waals surface area (Å²) in [5, 5.41) is 5.99. The van der Waals surface area contributed by atoms with Gasteiger partial charge in [-0.15, -0.1) is 11.3 Å². The first-order chi connectivity index (χ1) is 9.25. The highest BCUT2D eigenvalue weighted by atomic mass is 32.1. The summed E-state index contributed by atoms with van der Waals surface area (Å²) in [5.74, 6) is 0. The van der Waals surface area contributed by atoms with Crippen molar-refractivity contribution in [3.63, 3.8) is 0 Å². The third kappa shape index (κ3) is 2.60. The number of benzene rings is 1. The zero-order valence-corrected chi connectivity index (χ0v) is 12.5. The maximum atomic E-state index is 3.75. The van der Waals surface area contributed by atoms with Crippen molar-refractivity contribution >= 4 is 11.3 Å². The lowest BCUT2D eigenvalue weighted by Gasteiger charge is -2.24. The normalized spacial score (nSPS) is 18.3. The van der Waals surface area contributed by atoms with E-state index in [1.54, 1.807) is 10.4 Å². The van der Waals surface area contributed by atoms with Crippen molar-refractivity contribution in [1.29, 1.82) is 0 Å². The minimum absolute atomic E-state index is 0.551. The Morgan fingerprint density at radius 3 is 3.05 bits per heavy atom. The van der Waals surface area contributed by atoms with Gasteiger partial charge in [0, 0.05) is 17.5 Å². The Hall–Kier alpha value is -1.12. The van der Waals surface area contributed by atoms with Gasteiger partial charge in [0.2, 0.25) is 0 Å². The summed E-state index contributed by atoms with van der Waals surface area (Å²) in [4.78, 5) is 1.59. The quantitative estimate of drug-likeness (QED) is 0.864. The molecule has 1 atom stereocenters. The number of hydrogen-bond acceptors (Lipinski definition) is 2. The Balaban J connectivity index is 1.73. The van der Waals surface area contributed by atoms with E-state index in [4.69, 9.17) is 0 Å². The van der Waals surface area contributed by atoms with Crippen LogP contribution < -0.4 is 5.32 Å². The van der Waals surface area contributed by atoms with Crippen molar-refractivity contribution in [2.45, 2.75) is 45.7 Å². The molecule has 1 aliphatic rings. The third-order valence-electron chi connectivity index (χ3n) is 4.31. The van der Waals surface area contributed by atoms with Gasteiger partial charge in [-0.2, -0.15) is 0 Å². The highest BCUT2D eigenvalue weighted by Crippen LogP contribution is 2.33. The molecule has 0 radical (unpaired) electrons. The Kier molecular flexibility index (Phi) is 3.72. The molecule has 0 saturated heterocycles. The number of aryl methyl sites for hydroxylation is 2. The largest absolute Gasteiger partial charge is 0.306 e. The molecule has 1 unspecified atom stereocenters. The van der Waals surface area contributed by atoms with Gasteiger partial charge in [0.05, 0.1) is 0 Å². The SMILES string of the molecule is Cc1cccc(CNC2CCCc3sccc32)c1C. The molecule has 0 bridgehead atoms. The van der Waals surface area contributed by atoms with E-state index in [0.717, 1.165) is 6.54 Å². The van der Waals surface area contributed by atoms with Gasteiger partial charge in [-0.3, -0.25) is 0 Å². The molecule has 1 aromatic heterocycles. The van der Waals surface area contributed by atoms with E-state index in [9.17, 15) is 0 Å². The fourth-order valence-corrected chi connectivity index (χ4v) is 3.92. The molecule has 3 rings (SSSR count). The molecular formula is C17H21NS. The molecule has 0 saturated carbocycles. The van der Waals surface area contributed by atoms with Crippen LogP contribution in [-0.2, 0) is 13.0 Å². The van der Waals surface area contributed by atoms with E-state index in [1.165, 1.54) is 36.0 Å². The van der Waals surface area contributed by atoms with Crippen molar-refractivity contribution in [1.82, 2.24) is 5.32 Å². The second kappa shape index (κ2) is 5.48. The fraction of sp³-hybridized carbons (Fsp3) is 0.412. The van der Waals surface area contributed by atoms with Gasteiger partial charge in [0.1, 0.15) is 0 Å². The van der Waals surface area contributed by atoms with Crippen molar-refractivity contribution in [2.24, 2.45) is 0 Å². The van der Waals surface area contributed by atoms with Crippen molar-refractivity contribution < 1.29 is 0 Å². The summed E-state index contributed by atoms with van der Waals surface area (Å²) in [7, 11) is 0. The lowest BCUT2D eigenvalue weighted by Crippen LogP contribution is -2.24. The summed E-state index contributed by atoms with van der Waals surface area (Å²) in [6, 6.07) is 9.45. The summed E-state index contributed by atoms with van der Waals surface area (Å²) in [6.07, 6.45) is 3.86. The molecule has 1 nitrogen and oxygen atoms in total. The maximum absolute atomic E-state index is 3.75. The van der Waals surface area contributed by atoms with Crippen LogP contribution in [0.15, 0.2) is 29.6 Å². The van der Waals surface area contributed by atoms with Crippen LogP contribution in [0.5, 0.6) is 0 Å². The Bertz CT molecular complexity index is 570. The minimum Gasteiger partial charge on any atom is -0.306 e. The van der Waals surface area contributed by atoms with E-state index in [0.29, 0.717) is 6.04 Å². The Morgan fingerprint density at radius 2 is 2.16 bits per heavy atom. The van der Waals surface area contributed by atoms with Crippen LogP contribution in [0.4, 0.5) is 0 Å². The first kappa shape index (κ1) is 12.9. The summed E-state index contributed by atoms with van der Waals surface area (Å²) < 4.78 is 0. The molecule has 0 fully saturated rings. The lowest BCUT2D eigenvalue weighted by atomic mass is 9.93. The first-order valence-corrected chi connectivity index (χ1v) is 7.98. The Labute approximate surface area is 119 Å². The van der Waals surface area contributed by atoms with Crippen molar-refractivity contribution in [2.75, 3.05) is 0 Å². The molecule has 2 aromatic rings. The van der Waals surface area contributed by atoms with Crippen molar-refractivity contribution in [3.8, 4) is 0 Å². The minimum atomic E-state index is 0.551. The number of nitrogens with one attached hydrogen (secondary N) is 1. The molecule has 1 aromatic carbocycles. The lowest BCUT2D eigenvalue weighted by molar-refractivity contribution is 0.462. The predicted octanol–water partition coefficient (Wildman–Crippen LogP) is 4.53. The molecule has 1 N–H and O–H groups in total. The van der Waals surface area contributed by atoms with Crippen LogP contribution in [0.1, 0.15) is 46.0 Å². The van der Waals surface area contributed by atoms with E-state index in [2.05, 4.69) is 48.8 Å². The van der Waals surface area contributed by atoms with Crippen LogP contribution in [-0.4, -0.2) is 0 Å². The number of hydrogen-bond donors (Lipinski definition) is 1. The molecule has 100 valence electrons. The predicted molar refractivity (Wildman–Crippen MR) is 82.8 cm³/mol. The molecule has 1 aliphatic carbocycles. The summed E-state index contributed by atoms with van der Waals surface area (Å²) in [6.45, 7) is 5.40. The van der Waals surface area contributed by atoms with Gasteiger partial charge in [-0.1, -0.05) is 18.2 Å². The van der Waals surface area contributed by atoms with Gasteiger partial charge in [0.15, 0.2) is 0 Å². The topological polar surface area (TPSA) is 12.0 Å². The monoisotopic (exact) mass is 271 g/mol. The molecule has 0 aliphatic heterocycles. The highest BCUT2D eigenvalue weighted by Gasteiger charge is 2.20. The van der Waals surface area contributed by atoms with Crippen LogP contribution in [0.3, 0.4) is 0 Å². The van der Waals surface area contributed by atoms with E-state index >= 15 is 0 Å². The van der Waals surface area contributed by atoms with Crippen molar-refractivity contribution in [3.05, 3.63) is 56.8 Å². The molecular weight excluding hydrogens is 250 g/mol. The van der Waals surface area contributed by atoms with Gasteiger partial charge in [-0.05, 0) is 66.8 Å². The van der Waals surface area contributed by atoms with Gasteiger partial charge in [-0.25, -0.2) is 0 Å². The van der Waals surface area contributed by atoms with E-state index in [-0.39, 0.29) is 0 Å². The second-order valence-electron chi connectivity index (χ2n) is 5.48. The Morgan fingerprint density at radius 1 is 1.26 bits per heavy atom. The first-order valence-electron chi connectivity index (χ1n) is 7.10. The number of thiophene rings is 1. The van der Waals surface area contributed by atoms with Crippen LogP contribution in [0, 0.1) is 13.8 Å². The van der Waals surface area contributed by atoms with Crippen LogP contribution in [0.25, 0.3) is 0 Å². The summed E-state index contributed by atoms with van der Waals surface area (Å²) in [5.41, 5.74) is 5.79. The highest BCUT2D eigenvalue weighted by molar-refractivity contribution is 7.10. The maximum Gasteiger partial charge on any atom is 0.0334 e. The second-order valence-corrected chi connectivity index (χ2v) is 6.48. The van der Waals surface area contributed by atoms with Gasteiger partial charge in [0.25, 0.3) is 0 Å². The van der Waals surface area contributed by atoms with Crippen LogP contribution >= 0.6 is 11.3 Å².